The lowest BCUT2D eigenvalue weighted by atomic mass is 9.72. The molecule has 1 N–H and O–H groups in total. The Balaban J connectivity index is 2.01. The van der Waals surface area contributed by atoms with Crippen LogP contribution in [0.1, 0.15) is 66.7 Å². The predicted octanol–water partition coefficient (Wildman–Crippen LogP) is 3.91. The lowest BCUT2D eigenvalue weighted by Crippen LogP contribution is -2.51. The number of hydrogen-bond donors (Lipinski definition) is 1. The van der Waals surface area contributed by atoms with Crippen LogP contribution in [0.5, 0.6) is 0 Å². The third-order valence-corrected chi connectivity index (χ3v) is 5.84. The molecule has 0 aromatic heterocycles. The van der Waals surface area contributed by atoms with Crippen molar-refractivity contribution in [1.29, 1.82) is 0 Å². The Morgan fingerprint density at radius 2 is 1.95 bits per heavy atom. The van der Waals surface area contributed by atoms with E-state index < -0.39 is 0 Å². The zero-order valence-corrected chi connectivity index (χ0v) is 14.4. The van der Waals surface area contributed by atoms with Gasteiger partial charge in [0.15, 0.2) is 0 Å². The molecule has 0 radical (unpaired) electrons. The summed E-state index contributed by atoms with van der Waals surface area (Å²) in [5.41, 5.74) is 0.429. The molecule has 0 spiro atoms. The van der Waals surface area contributed by atoms with Gasteiger partial charge in [-0.05, 0) is 76.8 Å². The van der Waals surface area contributed by atoms with E-state index in [9.17, 15) is 0 Å². The molecule has 0 amide bonds. The molecule has 2 rings (SSSR count). The summed E-state index contributed by atoms with van der Waals surface area (Å²) in [5.74, 6) is 2.60. The van der Waals surface area contributed by atoms with Crippen molar-refractivity contribution >= 4 is 0 Å². The quantitative estimate of drug-likeness (QED) is 0.821. The Hall–Kier alpha value is -0.0800. The number of likely N-dealkylation sites (tertiary alicyclic amines) is 1. The second kappa shape index (κ2) is 6.79. The first-order chi connectivity index (χ1) is 9.44. The Morgan fingerprint density at radius 3 is 2.55 bits per heavy atom. The van der Waals surface area contributed by atoms with E-state index in [0.717, 1.165) is 23.8 Å². The average Bonchev–Trinajstić information content (AvgIpc) is 2.69. The summed E-state index contributed by atoms with van der Waals surface area (Å²) >= 11 is 0. The van der Waals surface area contributed by atoms with Crippen LogP contribution >= 0.6 is 0 Å². The van der Waals surface area contributed by atoms with Gasteiger partial charge >= 0.3 is 0 Å². The fourth-order valence-corrected chi connectivity index (χ4v) is 4.54. The highest BCUT2D eigenvalue weighted by Gasteiger charge is 2.39. The number of nitrogens with one attached hydrogen (secondary N) is 1. The van der Waals surface area contributed by atoms with Gasteiger partial charge < -0.3 is 5.32 Å². The minimum atomic E-state index is 0.429. The molecule has 1 aliphatic carbocycles. The van der Waals surface area contributed by atoms with Crippen molar-refractivity contribution in [3.63, 3.8) is 0 Å². The molecule has 20 heavy (non-hydrogen) atoms. The van der Waals surface area contributed by atoms with Gasteiger partial charge in [-0.2, -0.15) is 0 Å². The van der Waals surface area contributed by atoms with Gasteiger partial charge in [0.2, 0.25) is 0 Å². The molecule has 0 aromatic rings. The van der Waals surface area contributed by atoms with Crippen molar-refractivity contribution in [3.8, 4) is 0 Å². The molecule has 1 aliphatic heterocycles. The van der Waals surface area contributed by atoms with Gasteiger partial charge in [0, 0.05) is 18.1 Å². The van der Waals surface area contributed by atoms with Crippen LogP contribution in [0.4, 0.5) is 0 Å². The Labute approximate surface area is 126 Å². The topological polar surface area (TPSA) is 15.3 Å². The third kappa shape index (κ3) is 3.76. The van der Waals surface area contributed by atoms with E-state index in [-0.39, 0.29) is 0 Å². The highest BCUT2D eigenvalue weighted by Crippen LogP contribution is 2.37. The van der Waals surface area contributed by atoms with Crippen LogP contribution in [-0.2, 0) is 0 Å². The van der Waals surface area contributed by atoms with Gasteiger partial charge in [0.1, 0.15) is 0 Å². The predicted molar refractivity (Wildman–Crippen MR) is 88.0 cm³/mol. The van der Waals surface area contributed by atoms with Crippen molar-refractivity contribution < 1.29 is 0 Å². The van der Waals surface area contributed by atoms with Crippen molar-refractivity contribution in [2.75, 3.05) is 19.6 Å². The van der Waals surface area contributed by atoms with Crippen LogP contribution < -0.4 is 5.32 Å². The number of nitrogens with zero attached hydrogens (tertiary/aromatic N) is 1. The van der Waals surface area contributed by atoms with Gasteiger partial charge in [0.05, 0.1) is 0 Å². The average molecular weight is 280 g/mol. The summed E-state index contributed by atoms with van der Waals surface area (Å²) in [7, 11) is 0. The lowest BCUT2D eigenvalue weighted by Gasteiger charge is -2.44. The summed E-state index contributed by atoms with van der Waals surface area (Å²) in [4.78, 5) is 2.77. The fraction of sp³-hybridized carbons (Fsp3) is 1.00. The van der Waals surface area contributed by atoms with Crippen molar-refractivity contribution in [1.82, 2.24) is 10.2 Å². The fourth-order valence-electron chi connectivity index (χ4n) is 4.54. The highest BCUT2D eigenvalue weighted by molar-refractivity contribution is 4.94. The molecule has 118 valence electrons. The van der Waals surface area contributed by atoms with Crippen LogP contribution in [-0.4, -0.2) is 36.1 Å². The zero-order chi connectivity index (χ0) is 14.8. The van der Waals surface area contributed by atoms with E-state index in [1.54, 1.807) is 0 Å². The first-order valence-corrected chi connectivity index (χ1v) is 8.92. The van der Waals surface area contributed by atoms with E-state index >= 15 is 0 Å². The molecule has 0 bridgehead atoms. The van der Waals surface area contributed by atoms with Crippen LogP contribution in [0.3, 0.4) is 0 Å². The first-order valence-electron chi connectivity index (χ1n) is 8.92. The van der Waals surface area contributed by atoms with Gasteiger partial charge in [-0.15, -0.1) is 0 Å². The van der Waals surface area contributed by atoms with Gasteiger partial charge in [-0.25, -0.2) is 0 Å². The van der Waals surface area contributed by atoms with Gasteiger partial charge in [0.25, 0.3) is 0 Å². The summed E-state index contributed by atoms with van der Waals surface area (Å²) in [6, 6.07) is 0.741. The largest absolute Gasteiger partial charge is 0.314 e. The maximum absolute atomic E-state index is 3.86. The summed E-state index contributed by atoms with van der Waals surface area (Å²) in [5, 5.41) is 3.86. The number of rotatable bonds is 5. The summed E-state index contributed by atoms with van der Waals surface area (Å²) < 4.78 is 0. The highest BCUT2D eigenvalue weighted by atomic mass is 15.2. The monoisotopic (exact) mass is 280 g/mol. The number of hydrogen-bond acceptors (Lipinski definition) is 2. The molecule has 2 fully saturated rings. The third-order valence-electron chi connectivity index (χ3n) is 5.84. The molecular formula is C18H36N2. The second-order valence-corrected chi connectivity index (χ2v) is 8.14. The molecule has 4 unspecified atom stereocenters. The SMILES string of the molecule is CCCNC1CC(C)CC(C)C1CN1CCCC1(C)C. The minimum absolute atomic E-state index is 0.429. The maximum atomic E-state index is 3.86. The van der Waals surface area contributed by atoms with E-state index in [2.05, 4.69) is 44.8 Å². The summed E-state index contributed by atoms with van der Waals surface area (Å²) in [6.07, 6.45) is 6.81. The standard InChI is InChI=1S/C18H36N2/c1-6-9-19-17-12-14(2)11-15(3)16(17)13-20-10-7-8-18(20,4)5/h14-17,19H,6-13H2,1-5H3. The van der Waals surface area contributed by atoms with Gasteiger partial charge in [-0.3, -0.25) is 4.90 Å². The first kappa shape index (κ1) is 16.3. The second-order valence-electron chi connectivity index (χ2n) is 8.14. The van der Waals surface area contributed by atoms with Crippen LogP contribution in [0.15, 0.2) is 0 Å². The van der Waals surface area contributed by atoms with E-state index in [4.69, 9.17) is 0 Å². The normalized spacial score (nSPS) is 38.2. The molecule has 2 heteroatoms. The van der Waals surface area contributed by atoms with E-state index in [0.29, 0.717) is 5.54 Å². The van der Waals surface area contributed by atoms with Crippen molar-refractivity contribution in [2.24, 2.45) is 17.8 Å². The smallest absolute Gasteiger partial charge is 0.0153 e. The Morgan fingerprint density at radius 1 is 1.20 bits per heavy atom. The van der Waals surface area contributed by atoms with Crippen LogP contribution in [0, 0.1) is 17.8 Å². The van der Waals surface area contributed by atoms with Crippen molar-refractivity contribution in [3.05, 3.63) is 0 Å². The molecule has 2 nitrogen and oxygen atoms in total. The van der Waals surface area contributed by atoms with Crippen molar-refractivity contribution in [2.45, 2.75) is 78.3 Å². The molecule has 1 heterocycles. The van der Waals surface area contributed by atoms with Gasteiger partial charge in [-0.1, -0.05) is 20.8 Å². The van der Waals surface area contributed by atoms with E-state index in [1.807, 2.05) is 0 Å². The van der Waals surface area contributed by atoms with Crippen LogP contribution in [0.25, 0.3) is 0 Å². The molecule has 2 aliphatic rings. The molecule has 0 aromatic carbocycles. The molecule has 1 saturated heterocycles. The lowest BCUT2D eigenvalue weighted by molar-refractivity contribution is 0.0722. The zero-order valence-electron chi connectivity index (χ0n) is 14.4. The van der Waals surface area contributed by atoms with Crippen LogP contribution in [0.2, 0.25) is 0 Å². The maximum Gasteiger partial charge on any atom is 0.0153 e. The summed E-state index contributed by atoms with van der Waals surface area (Å²) in [6.45, 7) is 15.9. The Kier molecular flexibility index (Phi) is 5.53. The molecule has 4 atom stereocenters. The van der Waals surface area contributed by atoms with E-state index in [1.165, 1.54) is 51.7 Å². The molecule has 1 saturated carbocycles. The molecular weight excluding hydrogens is 244 g/mol. The minimum Gasteiger partial charge on any atom is -0.314 e. The Bertz CT molecular complexity index is 300.